The second kappa shape index (κ2) is 13.8. The molecule has 0 bridgehead atoms. The fourth-order valence-electron chi connectivity index (χ4n) is 7.13. The molecule has 0 aromatic heterocycles. The van der Waals surface area contributed by atoms with E-state index in [0.717, 1.165) is 37.8 Å². The molecule has 2 heterocycles. The summed E-state index contributed by atoms with van der Waals surface area (Å²) in [4.78, 5) is 45.4. The fourth-order valence-corrected chi connectivity index (χ4v) is 7.13. The Kier molecular flexibility index (Phi) is 10.0. The first kappa shape index (κ1) is 32.8. The van der Waals surface area contributed by atoms with E-state index in [0.29, 0.717) is 74.6 Å². The molecule has 2 aliphatic heterocycles. The molecular weight excluding hydrogens is 572 g/mol. The van der Waals surface area contributed by atoms with Crippen molar-refractivity contribution < 1.29 is 29.0 Å². The van der Waals surface area contributed by atoms with Crippen LogP contribution >= 0.6 is 0 Å². The number of likely N-dealkylation sites (tertiary alicyclic amines) is 1. The SMILES string of the molecule is CCCN1C(=O)[C@@H](CC2(O)CCCCC2)NC(=O)C12CCN(Cc1ccc(Oc3ccc(C(=O)N(C)C)cc3OC)cc1)CC2. The molecule has 1 saturated carbocycles. The van der Waals surface area contributed by atoms with Crippen LogP contribution in [0.1, 0.15) is 80.6 Å². The van der Waals surface area contributed by atoms with Crippen molar-refractivity contribution in [2.24, 2.45) is 0 Å². The Morgan fingerprint density at radius 1 is 1.00 bits per heavy atom. The number of carbonyl (C=O) groups is 3. The van der Waals surface area contributed by atoms with E-state index in [2.05, 4.69) is 10.2 Å². The molecule has 3 aliphatic rings. The Labute approximate surface area is 266 Å². The van der Waals surface area contributed by atoms with Crippen molar-refractivity contribution in [3.05, 3.63) is 53.6 Å². The molecule has 3 amide bonds. The number of methoxy groups -OCH3 is 1. The second-order valence-corrected chi connectivity index (χ2v) is 13.1. The topological polar surface area (TPSA) is 112 Å². The van der Waals surface area contributed by atoms with Crippen LogP contribution in [0.5, 0.6) is 17.2 Å². The molecular formula is C35H48N4O6. The minimum Gasteiger partial charge on any atom is -0.493 e. The molecule has 1 aliphatic carbocycles. The van der Waals surface area contributed by atoms with Crippen molar-refractivity contribution >= 4 is 17.7 Å². The molecule has 0 radical (unpaired) electrons. The zero-order valence-electron chi connectivity index (χ0n) is 27.1. The summed E-state index contributed by atoms with van der Waals surface area (Å²) in [5.41, 5.74) is -0.0684. The third kappa shape index (κ3) is 7.12. The zero-order valence-corrected chi connectivity index (χ0v) is 27.1. The summed E-state index contributed by atoms with van der Waals surface area (Å²) in [6.07, 6.45) is 6.64. The van der Waals surface area contributed by atoms with Gasteiger partial charge >= 0.3 is 0 Å². The van der Waals surface area contributed by atoms with Crippen LogP contribution in [0.2, 0.25) is 0 Å². The van der Waals surface area contributed by atoms with Gasteiger partial charge in [0.25, 0.3) is 5.91 Å². The third-order valence-electron chi connectivity index (χ3n) is 9.68. The molecule has 2 saturated heterocycles. The Bertz CT molecular complexity index is 1360. The molecule has 2 aromatic carbocycles. The van der Waals surface area contributed by atoms with E-state index >= 15 is 0 Å². The highest BCUT2D eigenvalue weighted by Gasteiger charge is 2.54. The third-order valence-corrected chi connectivity index (χ3v) is 9.68. The summed E-state index contributed by atoms with van der Waals surface area (Å²) < 4.78 is 11.5. The van der Waals surface area contributed by atoms with Gasteiger partial charge in [-0.25, -0.2) is 0 Å². The van der Waals surface area contributed by atoms with Crippen molar-refractivity contribution in [3.63, 3.8) is 0 Å². The van der Waals surface area contributed by atoms with E-state index in [1.54, 1.807) is 39.4 Å². The molecule has 5 rings (SSSR count). The second-order valence-electron chi connectivity index (χ2n) is 13.1. The first-order valence-corrected chi connectivity index (χ1v) is 16.3. The lowest BCUT2D eigenvalue weighted by atomic mass is 9.77. The van der Waals surface area contributed by atoms with Gasteiger partial charge in [0.2, 0.25) is 11.8 Å². The monoisotopic (exact) mass is 620 g/mol. The van der Waals surface area contributed by atoms with E-state index in [4.69, 9.17) is 9.47 Å². The number of ether oxygens (including phenoxy) is 2. The van der Waals surface area contributed by atoms with Gasteiger partial charge < -0.3 is 29.7 Å². The predicted octanol–water partition coefficient (Wildman–Crippen LogP) is 4.35. The number of benzene rings is 2. The molecule has 0 unspecified atom stereocenters. The number of hydrogen-bond donors (Lipinski definition) is 2. The molecule has 10 heteroatoms. The van der Waals surface area contributed by atoms with Gasteiger partial charge in [-0.15, -0.1) is 0 Å². The van der Waals surface area contributed by atoms with E-state index in [1.165, 1.54) is 4.90 Å². The van der Waals surface area contributed by atoms with E-state index in [1.807, 2.05) is 36.1 Å². The number of aliphatic hydroxyl groups is 1. The maximum absolute atomic E-state index is 13.7. The first-order chi connectivity index (χ1) is 21.6. The molecule has 244 valence electrons. The molecule has 1 spiro atoms. The van der Waals surface area contributed by atoms with Crippen LogP contribution < -0.4 is 14.8 Å². The summed E-state index contributed by atoms with van der Waals surface area (Å²) in [6, 6.07) is 12.4. The first-order valence-electron chi connectivity index (χ1n) is 16.3. The number of carbonyl (C=O) groups excluding carboxylic acids is 3. The van der Waals surface area contributed by atoms with Gasteiger partial charge in [-0.3, -0.25) is 19.3 Å². The number of nitrogens with zero attached hydrogens (tertiary/aromatic N) is 3. The van der Waals surface area contributed by atoms with Crippen LogP contribution in [0.3, 0.4) is 0 Å². The van der Waals surface area contributed by atoms with Gasteiger partial charge in [-0.2, -0.15) is 0 Å². The summed E-state index contributed by atoms with van der Waals surface area (Å²) in [5.74, 6) is 1.42. The van der Waals surface area contributed by atoms with Crippen LogP contribution in [-0.4, -0.2) is 95.5 Å². The molecule has 2 aromatic rings. The largest absolute Gasteiger partial charge is 0.493 e. The summed E-state index contributed by atoms with van der Waals surface area (Å²) in [7, 11) is 4.96. The Balaban J connectivity index is 1.19. The maximum Gasteiger partial charge on any atom is 0.253 e. The van der Waals surface area contributed by atoms with Crippen LogP contribution in [0, 0.1) is 0 Å². The fraction of sp³-hybridized carbons (Fsp3) is 0.571. The highest BCUT2D eigenvalue weighted by Crippen LogP contribution is 2.38. The predicted molar refractivity (Wildman–Crippen MR) is 171 cm³/mol. The quantitative estimate of drug-likeness (QED) is 0.407. The minimum atomic E-state index is -0.874. The van der Waals surface area contributed by atoms with Crippen LogP contribution in [0.15, 0.2) is 42.5 Å². The molecule has 1 atom stereocenters. The lowest BCUT2D eigenvalue weighted by Gasteiger charge is -2.52. The Morgan fingerprint density at radius 2 is 1.69 bits per heavy atom. The Morgan fingerprint density at radius 3 is 2.31 bits per heavy atom. The van der Waals surface area contributed by atoms with E-state index in [9.17, 15) is 19.5 Å². The minimum absolute atomic E-state index is 0.0462. The van der Waals surface area contributed by atoms with Crippen LogP contribution in [0.25, 0.3) is 0 Å². The Hall–Kier alpha value is -3.63. The van der Waals surface area contributed by atoms with Gasteiger partial charge in [-0.1, -0.05) is 38.3 Å². The van der Waals surface area contributed by atoms with Gasteiger partial charge in [0.1, 0.15) is 17.3 Å². The van der Waals surface area contributed by atoms with Crippen LogP contribution in [0.4, 0.5) is 0 Å². The average Bonchev–Trinajstić information content (AvgIpc) is 3.04. The van der Waals surface area contributed by atoms with Crippen molar-refractivity contribution in [2.75, 3.05) is 40.8 Å². The average molecular weight is 621 g/mol. The number of hydrogen-bond acceptors (Lipinski definition) is 7. The smallest absolute Gasteiger partial charge is 0.253 e. The number of rotatable bonds is 10. The van der Waals surface area contributed by atoms with Crippen LogP contribution in [-0.2, 0) is 16.1 Å². The number of nitrogens with one attached hydrogen (secondary N) is 1. The van der Waals surface area contributed by atoms with Crippen molar-refractivity contribution in [3.8, 4) is 17.2 Å². The summed E-state index contributed by atoms with van der Waals surface area (Å²) in [5, 5.41) is 14.2. The number of piperidine rings is 1. The highest BCUT2D eigenvalue weighted by atomic mass is 16.5. The summed E-state index contributed by atoms with van der Waals surface area (Å²) in [6.45, 7) is 4.70. The molecule has 3 fully saturated rings. The standard InChI is InChI=1S/C35H48N4O6/c1-5-19-39-32(41)28(23-34(43)15-7-6-8-16-34)36-33(42)35(39)17-20-38(21-18-35)24-25-9-12-27(13-10-25)45-29-14-11-26(22-30(29)44-4)31(40)37(2)3/h9-14,22,28,43H,5-8,15-21,23-24H2,1-4H3,(H,36,42)/t28-/m1/s1. The van der Waals surface area contributed by atoms with E-state index in [-0.39, 0.29) is 17.7 Å². The summed E-state index contributed by atoms with van der Waals surface area (Å²) >= 11 is 0. The lowest BCUT2D eigenvalue weighted by Crippen LogP contribution is -2.73. The molecule has 45 heavy (non-hydrogen) atoms. The van der Waals surface area contributed by atoms with Gasteiger partial charge in [-0.05, 0) is 68.0 Å². The van der Waals surface area contributed by atoms with Gasteiger partial charge in [0.15, 0.2) is 11.5 Å². The zero-order chi connectivity index (χ0) is 32.2. The van der Waals surface area contributed by atoms with Crippen molar-refractivity contribution in [2.45, 2.75) is 88.4 Å². The molecule has 2 N–H and O–H groups in total. The van der Waals surface area contributed by atoms with Gasteiger partial charge in [0, 0.05) is 52.3 Å². The van der Waals surface area contributed by atoms with E-state index < -0.39 is 17.2 Å². The highest BCUT2D eigenvalue weighted by molar-refractivity contribution is 6.00. The normalized spacial score (nSPS) is 21.4. The number of amides is 3. The van der Waals surface area contributed by atoms with Gasteiger partial charge in [0.05, 0.1) is 12.7 Å². The maximum atomic E-state index is 13.7. The van der Waals surface area contributed by atoms with Crippen molar-refractivity contribution in [1.29, 1.82) is 0 Å². The van der Waals surface area contributed by atoms with Crippen molar-refractivity contribution in [1.82, 2.24) is 20.0 Å². The molecule has 10 nitrogen and oxygen atoms in total. The number of piperazine rings is 1. The lowest BCUT2D eigenvalue weighted by molar-refractivity contribution is -0.163.